The number of fused-ring (bicyclic) bond motifs is 3. The van der Waals surface area contributed by atoms with Gasteiger partial charge in [0.1, 0.15) is 5.75 Å². The molecule has 1 fully saturated rings. The molecule has 1 aromatic carbocycles. The number of aromatic amines is 1. The lowest BCUT2D eigenvalue weighted by molar-refractivity contribution is -0.126. The number of amides is 1. The van der Waals surface area contributed by atoms with Crippen molar-refractivity contribution in [3.63, 3.8) is 0 Å². The first kappa shape index (κ1) is 15.6. The molecule has 4 nitrogen and oxygen atoms in total. The van der Waals surface area contributed by atoms with Crippen molar-refractivity contribution in [2.75, 3.05) is 7.11 Å². The number of nitrogens with one attached hydrogen (secondary N) is 2. The van der Waals surface area contributed by atoms with Crippen molar-refractivity contribution < 1.29 is 9.53 Å². The van der Waals surface area contributed by atoms with E-state index in [1.165, 1.54) is 35.9 Å². The first-order valence-corrected chi connectivity index (χ1v) is 9.25. The number of ether oxygens (including phenoxy) is 1. The van der Waals surface area contributed by atoms with Crippen LogP contribution in [-0.4, -0.2) is 18.0 Å². The smallest absolute Gasteiger partial charge is 0.223 e. The van der Waals surface area contributed by atoms with Crippen molar-refractivity contribution in [1.82, 2.24) is 10.3 Å². The minimum absolute atomic E-state index is 0.126. The van der Waals surface area contributed by atoms with Gasteiger partial charge in [0, 0.05) is 22.5 Å². The van der Waals surface area contributed by atoms with Gasteiger partial charge >= 0.3 is 0 Å². The van der Waals surface area contributed by atoms with Gasteiger partial charge in [0.2, 0.25) is 5.91 Å². The van der Waals surface area contributed by atoms with Crippen molar-refractivity contribution in [2.24, 2.45) is 5.92 Å². The summed E-state index contributed by atoms with van der Waals surface area (Å²) in [6, 6.07) is 6.30. The third-order valence-corrected chi connectivity index (χ3v) is 5.71. The molecule has 2 N–H and O–H groups in total. The largest absolute Gasteiger partial charge is 0.497 e. The highest BCUT2D eigenvalue weighted by molar-refractivity contribution is 5.87. The van der Waals surface area contributed by atoms with Crippen LogP contribution in [-0.2, 0) is 11.2 Å². The Morgan fingerprint density at radius 1 is 1.17 bits per heavy atom. The fourth-order valence-electron chi connectivity index (χ4n) is 4.37. The second-order valence-corrected chi connectivity index (χ2v) is 7.22. The molecule has 1 saturated carbocycles. The highest BCUT2D eigenvalue weighted by Crippen LogP contribution is 2.36. The number of aromatic nitrogens is 1. The summed E-state index contributed by atoms with van der Waals surface area (Å²) in [6.07, 6.45) is 8.98. The van der Waals surface area contributed by atoms with Crippen molar-refractivity contribution in [2.45, 2.75) is 57.4 Å². The summed E-state index contributed by atoms with van der Waals surface area (Å²) < 4.78 is 5.37. The molecule has 2 aromatic rings. The molecule has 2 aliphatic carbocycles. The maximum absolute atomic E-state index is 12.6. The molecule has 2 aliphatic rings. The number of methoxy groups -OCH3 is 1. The van der Waals surface area contributed by atoms with Gasteiger partial charge in [-0.1, -0.05) is 19.3 Å². The van der Waals surface area contributed by atoms with E-state index in [1.54, 1.807) is 7.11 Å². The van der Waals surface area contributed by atoms with Crippen molar-refractivity contribution in [1.29, 1.82) is 0 Å². The molecule has 1 amide bonds. The number of carbonyl (C=O) groups is 1. The Morgan fingerprint density at radius 3 is 2.79 bits per heavy atom. The normalized spacial score (nSPS) is 21.5. The topological polar surface area (TPSA) is 54.1 Å². The second kappa shape index (κ2) is 6.50. The van der Waals surface area contributed by atoms with Crippen LogP contribution in [0.25, 0.3) is 10.9 Å². The van der Waals surface area contributed by atoms with Crippen molar-refractivity contribution in [3.8, 4) is 5.75 Å². The van der Waals surface area contributed by atoms with E-state index in [2.05, 4.69) is 22.4 Å². The lowest BCUT2D eigenvalue weighted by atomic mass is 9.87. The maximum Gasteiger partial charge on any atom is 0.223 e. The van der Waals surface area contributed by atoms with Crippen LogP contribution in [0.15, 0.2) is 18.2 Å². The molecule has 4 rings (SSSR count). The number of rotatable bonds is 3. The summed E-state index contributed by atoms with van der Waals surface area (Å²) in [5.41, 5.74) is 3.69. The number of hydrogen-bond acceptors (Lipinski definition) is 2. The van der Waals surface area contributed by atoms with E-state index < -0.39 is 0 Å². The lowest BCUT2D eigenvalue weighted by Gasteiger charge is -2.27. The van der Waals surface area contributed by atoms with Gasteiger partial charge in [0.15, 0.2) is 0 Å². The number of benzene rings is 1. The summed E-state index contributed by atoms with van der Waals surface area (Å²) >= 11 is 0. The first-order valence-electron chi connectivity index (χ1n) is 9.25. The lowest BCUT2D eigenvalue weighted by Crippen LogP contribution is -2.36. The third kappa shape index (κ3) is 2.79. The molecule has 0 spiro atoms. The molecule has 24 heavy (non-hydrogen) atoms. The van der Waals surface area contributed by atoms with Gasteiger partial charge in [0.05, 0.1) is 13.2 Å². The van der Waals surface area contributed by atoms with E-state index >= 15 is 0 Å². The predicted molar refractivity (Wildman–Crippen MR) is 95.2 cm³/mol. The van der Waals surface area contributed by atoms with Crippen LogP contribution >= 0.6 is 0 Å². The van der Waals surface area contributed by atoms with Crippen LogP contribution in [0, 0.1) is 5.92 Å². The van der Waals surface area contributed by atoms with Gasteiger partial charge in [-0.25, -0.2) is 0 Å². The Hall–Kier alpha value is -1.97. The molecule has 1 atom stereocenters. The Morgan fingerprint density at radius 2 is 2.00 bits per heavy atom. The minimum atomic E-state index is 0.126. The minimum Gasteiger partial charge on any atom is -0.497 e. The van der Waals surface area contributed by atoms with Gasteiger partial charge in [-0.15, -0.1) is 0 Å². The van der Waals surface area contributed by atoms with E-state index in [4.69, 9.17) is 4.74 Å². The summed E-state index contributed by atoms with van der Waals surface area (Å²) in [4.78, 5) is 16.2. The molecular weight excluding hydrogens is 300 g/mol. The molecular formula is C20H26N2O2. The van der Waals surface area contributed by atoms with Crippen LogP contribution in [0.5, 0.6) is 5.75 Å². The molecule has 0 bridgehead atoms. The Balaban J connectivity index is 1.60. The standard InChI is InChI=1S/C20H26N2O2/c1-24-14-10-11-17-16(12-14)15-8-5-9-18(19(15)21-17)22-20(23)13-6-3-2-4-7-13/h10-13,18,21H,2-9H2,1H3,(H,22,23). The molecule has 0 saturated heterocycles. The average Bonchev–Trinajstić information content (AvgIpc) is 3.01. The summed E-state index contributed by atoms with van der Waals surface area (Å²) in [5.74, 6) is 1.36. The fourth-order valence-corrected chi connectivity index (χ4v) is 4.37. The van der Waals surface area contributed by atoms with E-state index in [-0.39, 0.29) is 17.9 Å². The van der Waals surface area contributed by atoms with Crippen molar-refractivity contribution in [3.05, 3.63) is 29.5 Å². The molecule has 1 unspecified atom stereocenters. The molecule has 0 aliphatic heterocycles. The third-order valence-electron chi connectivity index (χ3n) is 5.71. The van der Waals surface area contributed by atoms with Crippen LogP contribution in [0.1, 0.15) is 62.2 Å². The monoisotopic (exact) mass is 326 g/mol. The van der Waals surface area contributed by atoms with E-state index in [0.717, 1.165) is 43.4 Å². The number of H-pyrrole nitrogens is 1. The predicted octanol–water partition coefficient (Wildman–Crippen LogP) is 4.25. The van der Waals surface area contributed by atoms with E-state index in [1.807, 2.05) is 6.07 Å². The molecule has 1 aromatic heterocycles. The molecule has 128 valence electrons. The van der Waals surface area contributed by atoms with Gasteiger partial charge in [-0.05, 0) is 55.9 Å². The van der Waals surface area contributed by atoms with Crippen LogP contribution in [0.2, 0.25) is 0 Å². The maximum atomic E-state index is 12.6. The quantitative estimate of drug-likeness (QED) is 0.886. The number of aryl methyl sites for hydroxylation is 1. The van der Waals surface area contributed by atoms with Gasteiger partial charge < -0.3 is 15.0 Å². The van der Waals surface area contributed by atoms with Crippen LogP contribution in [0.4, 0.5) is 0 Å². The van der Waals surface area contributed by atoms with Gasteiger partial charge in [-0.2, -0.15) is 0 Å². The molecule has 0 radical (unpaired) electrons. The number of hydrogen-bond donors (Lipinski definition) is 2. The highest BCUT2D eigenvalue weighted by Gasteiger charge is 2.28. The zero-order valence-corrected chi connectivity index (χ0v) is 14.4. The second-order valence-electron chi connectivity index (χ2n) is 7.22. The average molecular weight is 326 g/mol. The van der Waals surface area contributed by atoms with Gasteiger partial charge in [-0.3, -0.25) is 4.79 Å². The zero-order chi connectivity index (χ0) is 16.5. The highest BCUT2D eigenvalue weighted by atomic mass is 16.5. The summed E-state index contributed by atoms with van der Waals surface area (Å²) in [5, 5.41) is 4.57. The SMILES string of the molecule is COc1ccc2[nH]c3c(c2c1)CCCC3NC(=O)C1CCCCC1. The fraction of sp³-hybridized carbons (Fsp3) is 0.550. The Labute approximate surface area is 143 Å². The number of carbonyl (C=O) groups excluding carboxylic acids is 1. The Kier molecular flexibility index (Phi) is 4.21. The van der Waals surface area contributed by atoms with Crippen LogP contribution < -0.4 is 10.1 Å². The molecule has 4 heteroatoms. The molecule has 1 heterocycles. The zero-order valence-electron chi connectivity index (χ0n) is 14.4. The van der Waals surface area contributed by atoms with Crippen LogP contribution in [0.3, 0.4) is 0 Å². The summed E-state index contributed by atoms with van der Waals surface area (Å²) in [7, 11) is 1.70. The van der Waals surface area contributed by atoms with E-state index in [0.29, 0.717) is 0 Å². The van der Waals surface area contributed by atoms with Crippen molar-refractivity contribution >= 4 is 16.8 Å². The Bertz CT molecular complexity index is 743. The van der Waals surface area contributed by atoms with Gasteiger partial charge in [0.25, 0.3) is 0 Å². The summed E-state index contributed by atoms with van der Waals surface area (Å²) in [6.45, 7) is 0. The van der Waals surface area contributed by atoms with E-state index in [9.17, 15) is 4.79 Å². The first-order chi connectivity index (χ1) is 11.8.